The van der Waals surface area contributed by atoms with Gasteiger partial charge in [0, 0.05) is 28.1 Å². The Hall–Kier alpha value is -2.06. The lowest BCUT2D eigenvalue weighted by Crippen LogP contribution is -1.97. The second kappa shape index (κ2) is 8.31. The zero-order chi connectivity index (χ0) is 18.1. The van der Waals surface area contributed by atoms with E-state index >= 15 is 0 Å². The Balaban J connectivity index is 0.00000210. The number of aromatic nitrogens is 3. The highest BCUT2D eigenvalue weighted by molar-refractivity contribution is 8.93. The molecule has 2 heterocycles. The molecule has 3 N–H and O–H groups in total. The van der Waals surface area contributed by atoms with E-state index < -0.39 is 0 Å². The first-order chi connectivity index (χ1) is 12.7. The molecule has 138 valence electrons. The summed E-state index contributed by atoms with van der Waals surface area (Å²) in [5, 5.41) is 18.7. The summed E-state index contributed by atoms with van der Waals surface area (Å²) in [4.78, 5) is 2.13. The van der Waals surface area contributed by atoms with E-state index in [1.165, 1.54) is 0 Å². The fourth-order valence-electron chi connectivity index (χ4n) is 2.70. The van der Waals surface area contributed by atoms with E-state index in [-0.39, 0.29) is 22.7 Å². The van der Waals surface area contributed by atoms with Crippen molar-refractivity contribution in [3.63, 3.8) is 0 Å². The van der Waals surface area contributed by atoms with Gasteiger partial charge in [0.15, 0.2) is 11.5 Å². The van der Waals surface area contributed by atoms with E-state index in [1.807, 2.05) is 40.9 Å². The summed E-state index contributed by atoms with van der Waals surface area (Å²) in [6, 6.07) is 16.7. The van der Waals surface area contributed by atoms with Crippen LogP contribution in [0, 0.1) is 0 Å². The molecule has 0 unspecified atom stereocenters. The third kappa shape index (κ3) is 3.96. The molecule has 0 aliphatic carbocycles. The van der Waals surface area contributed by atoms with Crippen molar-refractivity contribution >= 4 is 46.0 Å². The maximum atomic E-state index is 9.78. The van der Waals surface area contributed by atoms with Gasteiger partial charge in [-0.2, -0.15) is 0 Å². The number of halogens is 2. The lowest BCUT2D eigenvalue weighted by molar-refractivity contribution is 0.475. The molecule has 4 aromatic rings. The van der Waals surface area contributed by atoms with E-state index in [1.54, 1.807) is 30.0 Å². The van der Waals surface area contributed by atoms with Crippen molar-refractivity contribution in [3.05, 3.63) is 71.4 Å². The number of benzene rings is 2. The minimum atomic E-state index is 0. The molecule has 5 nitrogen and oxygen atoms in total. The number of nitrogens with zero attached hydrogens (tertiary/aromatic N) is 3. The standard InChI is InChI=1S/C19H15ClN4OS.BrH/c20-16-7-5-13(25)9-15(16)19-23-22-18-8-6-14(11-24(18)19)26-17-4-2-1-3-12(17)10-21;/h1-9,11,25H,10,21H2;1H. The van der Waals surface area contributed by atoms with Crippen LogP contribution in [0.4, 0.5) is 0 Å². The van der Waals surface area contributed by atoms with Crippen molar-refractivity contribution in [3.8, 4) is 17.1 Å². The largest absolute Gasteiger partial charge is 0.508 e. The van der Waals surface area contributed by atoms with Crippen LogP contribution in [0.3, 0.4) is 0 Å². The van der Waals surface area contributed by atoms with Crippen molar-refractivity contribution in [2.75, 3.05) is 0 Å². The van der Waals surface area contributed by atoms with E-state index in [2.05, 4.69) is 16.3 Å². The number of phenols is 1. The number of hydrogen-bond acceptors (Lipinski definition) is 5. The van der Waals surface area contributed by atoms with E-state index in [4.69, 9.17) is 17.3 Å². The molecule has 0 saturated heterocycles. The Labute approximate surface area is 176 Å². The first-order valence-electron chi connectivity index (χ1n) is 7.95. The highest BCUT2D eigenvalue weighted by Gasteiger charge is 2.13. The van der Waals surface area contributed by atoms with E-state index in [9.17, 15) is 5.11 Å². The number of nitrogens with two attached hydrogens (primary N) is 1. The molecule has 0 bridgehead atoms. The first kappa shape index (κ1) is 19.7. The Kier molecular flexibility index (Phi) is 6.06. The SMILES string of the molecule is Br.NCc1ccccc1Sc1ccc2nnc(-c3cc(O)ccc3Cl)n2c1. The third-order valence-electron chi connectivity index (χ3n) is 3.99. The van der Waals surface area contributed by atoms with Crippen LogP contribution in [0.2, 0.25) is 5.02 Å². The van der Waals surface area contributed by atoms with E-state index in [0.717, 1.165) is 15.4 Å². The first-order valence-corrected chi connectivity index (χ1v) is 9.14. The van der Waals surface area contributed by atoms with Crippen molar-refractivity contribution in [2.45, 2.75) is 16.3 Å². The average molecular weight is 464 g/mol. The molecule has 2 aromatic carbocycles. The van der Waals surface area contributed by atoms with Crippen LogP contribution in [0.5, 0.6) is 5.75 Å². The van der Waals surface area contributed by atoms with Crippen molar-refractivity contribution in [2.24, 2.45) is 5.73 Å². The highest BCUT2D eigenvalue weighted by atomic mass is 79.9. The lowest BCUT2D eigenvalue weighted by Gasteiger charge is -2.08. The number of aromatic hydroxyl groups is 1. The second-order valence-corrected chi connectivity index (χ2v) is 7.22. The van der Waals surface area contributed by atoms with Gasteiger partial charge in [-0.25, -0.2) is 0 Å². The van der Waals surface area contributed by atoms with Crippen molar-refractivity contribution in [1.82, 2.24) is 14.6 Å². The van der Waals surface area contributed by atoms with Gasteiger partial charge >= 0.3 is 0 Å². The molecule has 0 aliphatic heterocycles. The predicted molar refractivity (Wildman–Crippen MR) is 114 cm³/mol. The van der Waals surface area contributed by atoms with Crippen LogP contribution in [0.15, 0.2) is 70.6 Å². The molecule has 0 amide bonds. The van der Waals surface area contributed by atoms with Crippen LogP contribution < -0.4 is 5.73 Å². The quantitative estimate of drug-likeness (QED) is 0.448. The van der Waals surface area contributed by atoms with Gasteiger partial charge in [-0.15, -0.1) is 27.2 Å². The molecule has 0 radical (unpaired) electrons. The van der Waals surface area contributed by atoms with Gasteiger partial charge < -0.3 is 10.8 Å². The van der Waals surface area contributed by atoms with Crippen LogP contribution in [0.25, 0.3) is 17.0 Å². The van der Waals surface area contributed by atoms with Gasteiger partial charge in [0.1, 0.15) is 5.75 Å². The Morgan fingerprint density at radius 2 is 1.89 bits per heavy atom. The minimum absolute atomic E-state index is 0. The average Bonchev–Trinajstić information content (AvgIpc) is 3.07. The summed E-state index contributed by atoms with van der Waals surface area (Å²) >= 11 is 7.92. The summed E-state index contributed by atoms with van der Waals surface area (Å²) in [6.07, 6.45) is 1.96. The van der Waals surface area contributed by atoms with Crippen molar-refractivity contribution in [1.29, 1.82) is 0 Å². The zero-order valence-electron chi connectivity index (χ0n) is 14.0. The monoisotopic (exact) mass is 462 g/mol. The minimum Gasteiger partial charge on any atom is -0.508 e. The van der Waals surface area contributed by atoms with Gasteiger partial charge in [-0.05, 0) is 42.0 Å². The second-order valence-electron chi connectivity index (χ2n) is 5.69. The molecular weight excluding hydrogens is 448 g/mol. The van der Waals surface area contributed by atoms with Gasteiger partial charge in [0.05, 0.1) is 5.02 Å². The third-order valence-corrected chi connectivity index (χ3v) is 5.41. The molecule has 8 heteroatoms. The molecule has 27 heavy (non-hydrogen) atoms. The summed E-state index contributed by atoms with van der Waals surface area (Å²) in [6.45, 7) is 0.488. The fraction of sp³-hybridized carbons (Fsp3) is 0.0526. The summed E-state index contributed by atoms with van der Waals surface area (Å²) in [5.74, 6) is 0.707. The molecule has 0 aliphatic rings. The number of phenolic OH excluding ortho intramolecular Hbond substituents is 1. The van der Waals surface area contributed by atoms with Crippen LogP contribution in [-0.4, -0.2) is 19.7 Å². The fourth-order valence-corrected chi connectivity index (χ4v) is 3.88. The summed E-state index contributed by atoms with van der Waals surface area (Å²) in [5.41, 5.74) is 8.26. The smallest absolute Gasteiger partial charge is 0.170 e. The Morgan fingerprint density at radius 3 is 2.70 bits per heavy atom. The van der Waals surface area contributed by atoms with Gasteiger partial charge in [0.2, 0.25) is 0 Å². The summed E-state index contributed by atoms with van der Waals surface area (Å²) in [7, 11) is 0. The maximum Gasteiger partial charge on any atom is 0.170 e. The molecule has 0 saturated carbocycles. The van der Waals surface area contributed by atoms with Gasteiger partial charge in [-0.1, -0.05) is 41.6 Å². The molecule has 0 atom stereocenters. The summed E-state index contributed by atoms with van der Waals surface area (Å²) < 4.78 is 1.87. The van der Waals surface area contributed by atoms with Crippen LogP contribution in [0.1, 0.15) is 5.56 Å². The topological polar surface area (TPSA) is 76.4 Å². The maximum absolute atomic E-state index is 9.78. The molecular formula is C19H16BrClN4OS. The molecule has 2 aromatic heterocycles. The normalized spacial score (nSPS) is 10.7. The predicted octanol–water partition coefficient (Wildman–Crippen LogP) is 4.94. The molecule has 0 fully saturated rings. The lowest BCUT2D eigenvalue weighted by atomic mass is 10.2. The zero-order valence-corrected chi connectivity index (χ0v) is 17.3. The molecule has 0 spiro atoms. The van der Waals surface area contributed by atoms with Gasteiger partial charge in [-0.3, -0.25) is 4.40 Å². The van der Waals surface area contributed by atoms with Crippen molar-refractivity contribution < 1.29 is 5.11 Å². The number of pyridine rings is 1. The number of rotatable bonds is 4. The number of fused-ring (bicyclic) bond motifs is 1. The highest BCUT2D eigenvalue weighted by Crippen LogP contribution is 2.33. The molecule has 4 rings (SSSR count). The van der Waals surface area contributed by atoms with Crippen LogP contribution >= 0.6 is 40.3 Å². The van der Waals surface area contributed by atoms with Crippen LogP contribution in [-0.2, 0) is 6.54 Å². The van der Waals surface area contributed by atoms with E-state index in [0.29, 0.717) is 28.6 Å². The number of hydrogen-bond donors (Lipinski definition) is 2. The Morgan fingerprint density at radius 1 is 1.07 bits per heavy atom. The van der Waals surface area contributed by atoms with Gasteiger partial charge in [0.25, 0.3) is 0 Å². The Bertz CT molecular complexity index is 1100.